The van der Waals surface area contributed by atoms with Gasteiger partial charge >= 0.3 is 0 Å². The average Bonchev–Trinajstić information content (AvgIpc) is 3.23. The van der Waals surface area contributed by atoms with Gasteiger partial charge in [0.2, 0.25) is 5.91 Å². The summed E-state index contributed by atoms with van der Waals surface area (Å²) in [5, 5.41) is 14.8. The van der Waals surface area contributed by atoms with Gasteiger partial charge in [-0.1, -0.05) is 17.7 Å². The molecule has 0 atom stereocenters. The molecule has 0 unspecified atom stereocenters. The molecule has 0 radical (unpaired) electrons. The van der Waals surface area contributed by atoms with Crippen molar-refractivity contribution < 1.29 is 14.7 Å². The number of carbonyl (C=O) groups excluding carboxylic acids is 2. The van der Waals surface area contributed by atoms with Gasteiger partial charge in [-0.2, -0.15) is 0 Å². The first-order chi connectivity index (χ1) is 9.54. The first kappa shape index (κ1) is 14.8. The van der Waals surface area contributed by atoms with Crippen LogP contribution in [0.1, 0.15) is 23.2 Å². The minimum Gasteiger partial charge on any atom is -0.396 e. The topological polar surface area (TPSA) is 78.4 Å². The highest BCUT2D eigenvalue weighted by Crippen LogP contribution is 2.44. The summed E-state index contributed by atoms with van der Waals surface area (Å²) in [7, 11) is 0. The fraction of sp³-hybridized carbons (Fsp3) is 0.429. The van der Waals surface area contributed by atoms with Crippen LogP contribution in [-0.4, -0.2) is 36.6 Å². The largest absolute Gasteiger partial charge is 0.396 e. The first-order valence-electron chi connectivity index (χ1n) is 6.46. The van der Waals surface area contributed by atoms with Crippen LogP contribution in [0.5, 0.6) is 0 Å². The van der Waals surface area contributed by atoms with Crippen molar-refractivity contribution >= 4 is 23.4 Å². The Balaban J connectivity index is 1.74. The molecule has 0 bridgehead atoms. The zero-order chi connectivity index (χ0) is 14.6. The Labute approximate surface area is 122 Å². The Bertz CT molecular complexity index is 515. The maximum Gasteiger partial charge on any atom is 0.251 e. The Kier molecular flexibility index (Phi) is 4.62. The molecule has 5 nitrogen and oxygen atoms in total. The number of nitrogens with one attached hydrogen (secondary N) is 2. The highest BCUT2D eigenvalue weighted by atomic mass is 35.5. The van der Waals surface area contributed by atoms with Gasteiger partial charge in [-0.05, 0) is 31.0 Å². The molecule has 1 fully saturated rings. The molecule has 3 N–H and O–H groups in total. The van der Waals surface area contributed by atoms with Gasteiger partial charge in [-0.15, -0.1) is 0 Å². The van der Waals surface area contributed by atoms with Gasteiger partial charge in [0.1, 0.15) is 0 Å². The maximum atomic E-state index is 11.8. The fourth-order valence-electron chi connectivity index (χ4n) is 1.81. The molecule has 0 aromatic heterocycles. The maximum absolute atomic E-state index is 11.8. The Morgan fingerprint density at radius 1 is 1.30 bits per heavy atom. The fourth-order valence-corrected chi connectivity index (χ4v) is 2.00. The van der Waals surface area contributed by atoms with Crippen LogP contribution < -0.4 is 10.6 Å². The molecular weight excluding hydrogens is 280 g/mol. The second-order valence-corrected chi connectivity index (χ2v) is 5.56. The number of aliphatic hydroxyl groups is 1. The Morgan fingerprint density at radius 3 is 2.65 bits per heavy atom. The molecule has 0 heterocycles. The summed E-state index contributed by atoms with van der Waals surface area (Å²) < 4.78 is 0. The van der Waals surface area contributed by atoms with Crippen molar-refractivity contribution in [1.29, 1.82) is 0 Å². The number of aliphatic hydroxyl groups excluding tert-OH is 1. The molecule has 20 heavy (non-hydrogen) atoms. The van der Waals surface area contributed by atoms with E-state index in [9.17, 15) is 9.59 Å². The van der Waals surface area contributed by atoms with E-state index in [1.54, 1.807) is 24.3 Å². The van der Waals surface area contributed by atoms with Crippen LogP contribution >= 0.6 is 11.6 Å². The summed E-state index contributed by atoms with van der Waals surface area (Å²) in [5.41, 5.74) is 0.284. The van der Waals surface area contributed by atoms with Crippen molar-refractivity contribution in [1.82, 2.24) is 10.6 Å². The molecule has 1 aromatic rings. The van der Waals surface area contributed by atoms with E-state index in [0.29, 0.717) is 17.1 Å². The quantitative estimate of drug-likeness (QED) is 0.731. The van der Waals surface area contributed by atoms with Gasteiger partial charge in [0, 0.05) is 22.5 Å². The zero-order valence-corrected chi connectivity index (χ0v) is 11.7. The van der Waals surface area contributed by atoms with Gasteiger partial charge < -0.3 is 15.7 Å². The Morgan fingerprint density at radius 2 is 2.05 bits per heavy atom. The van der Waals surface area contributed by atoms with Crippen LogP contribution in [0.4, 0.5) is 0 Å². The van der Waals surface area contributed by atoms with Gasteiger partial charge in [0.25, 0.3) is 5.91 Å². The highest BCUT2D eigenvalue weighted by Gasteiger charge is 2.41. The van der Waals surface area contributed by atoms with Crippen molar-refractivity contribution in [2.75, 3.05) is 19.7 Å². The predicted octanol–water partition coefficient (Wildman–Crippen LogP) is 0.959. The smallest absolute Gasteiger partial charge is 0.251 e. The normalized spacial score (nSPS) is 15.5. The third-order valence-electron chi connectivity index (χ3n) is 3.45. The van der Waals surface area contributed by atoms with Crippen molar-refractivity contribution in [3.8, 4) is 0 Å². The molecule has 1 aromatic carbocycles. The standard InChI is InChI=1S/C14H17ClN2O3/c15-11-3-1-2-10(6-11)13(20)16-7-12(19)17-8-14(9-18)4-5-14/h1-3,6,18H,4-5,7-9H2,(H,16,20)(H,17,19). The van der Waals surface area contributed by atoms with Crippen LogP contribution in [0.15, 0.2) is 24.3 Å². The lowest BCUT2D eigenvalue weighted by Crippen LogP contribution is -2.39. The van der Waals surface area contributed by atoms with E-state index in [-0.39, 0.29) is 30.4 Å². The van der Waals surface area contributed by atoms with Crippen molar-refractivity contribution in [2.45, 2.75) is 12.8 Å². The van der Waals surface area contributed by atoms with Crippen LogP contribution in [-0.2, 0) is 4.79 Å². The van der Waals surface area contributed by atoms with Gasteiger partial charge in [0.05, 0.1) is 13.2 Å². The van der Waals surface area contributed by atoms with Crippen LogP contribution in [0.25, 0.3) is 0 Å². The summed E-state index contributed by atoms with van der Waals surface area (Å²) in [6, 6.07) is 6.52. The number of amides is 2. The molecule has 2 rings (SSSR count). The highest BCUT2D eigenvalue weighted by molar-refractivity contribution is 6.30. The number of benzene rings is 1. The number of carbonyl (C=O) groups is 2. The number of rotatable bonds is 6. The molecule has 1 aliphatic carbocycles. The molecule has 2 amide bonds. The molecule has 108 valence electrons. The van der Waals surface area contributed by atoms with E-state index in [1.807, 2.05) is 0 Å². The molecule has 1 saturated carbocycles. The van der Waals surface area contributed by atoms with E-state index >= 15 is 0 Å². The van der Waals surface area contributed by atoms with E-state index in [0.717, 1.165) is 12.8 Å². The molecule has 1 aliphatic rings. The van der Waals surface area contributed by atoms with E-state index in [4.69, 9.17) is 16.7 Å². The van der Waals surface area contributed by atoms with Crippen LogP contribution in [0.3, 0.4) is 0 Å². The van der Waals surface area contributed by atoms with Crippen molar-refractivity contribution in [3.05, 3.63) is 34.9 Å². The number of hydrogen-bond acceptors (Lipinski definition) is 3. The predicted molar refractivity (Wildman–Crippen MR) is 75.5 cm³/mol. The van der Waals surface area contributed by atoms with Gasteiger partial charge in [-0.25, -0.2) is 0 Å². The van der Waals surface area contributed by atoms with Gasteiger partial charge in [0.15, 0.2) is 0 Å². The second-order valence-electron chi connectivity index (χ2n) is 5.13. The lowest BCUT2D eigenvalue weighted by atomic mass is 10.1. The first-order valence-corrected chi connectivity index (χ1v) is 6.84. The summed E-state index contributed by atoms with van der Waals surface area (Å²) in [5.74, 6) is -0.606. The number of hydrogen-bond donors (Lipinski definition) is 3. The lowest BCUT2D eigenvalue weighted by Gasteiger charge is -2.13. The Hall–Kier alpha value is -1.59. The third kappa shape index (κ3) is 3.95. The minimum atomic E-state index is -0.342. The van der Waals surface area contributed by atoms with Crippen molar-refractivity contribution in [3.63, 3.8) is 0 Å². The van der Waals surface area contributed by atoms with Crippen molar-refractivity contribution in [2.24, 2.45) is 5.41 Å². The minimum absolute atomic E-state index is 0.0855. The molecule has 6 heteroatoms. The summed E-state index contributed by atoms with van der Waals surface area (Å²) >= 11 is 5.79. The summed E-state index contributed by atoms with van der Waals surface area (Å²) in [6.45, 7) is 0.449. The number of halogens is 1. The van der Waals surface area contributed by atoms with Gasteiger partial charge in [-0.3, -0.25) is 9.59 Å². The van der Waals surface area contributed by atoms with E-state index in [1.165, 1.54) is 0 Å². The van der Waals surface area contributed by atoms with E-state index in [2.05, 4.69) is 10.6 Å². The lowest BCUT2D eigenvalue weighted by molar-refractivity contribution is -0.120. The van der Waals surface area contributed by atoms with Crippen LogP contribution in [0, 0.1) is 5.41 Å². The molecular formula is C14H17ClN2O3. The average molecular weight is 297 g/mol. The summed E-state index contributed by atoms with van der Waals surface area (Å²) in [6.07, 6.45) is 1.86. The monoisotopic (exact) mass is 296 g/mol. The third-order valence-corrected chi connectivity index (χ3v) is 3.68. The van der Waals surface area contributed by atoms with E-state index < -0.39 is 0 Å². The molecule has 0 spiro atoms. The SMILES string of the molecule is O=C(CNC(=O)c1cccc(Cl)c1)NCC1(CO)CC1. The summed E-state index contributed by atoms with van der Waals surface area (Å²) in [4.78, 5) is 23.4. The molecule has 0 saturated heterocycles. The van der Waals surface area contributed by atoms with Crippen LogP contribution in [0.2, 0.25) is 5.02 Å². The zero-order valence-electron chi connectivity index (χ0n) is 11.0. The second kappa shape index (κ2) is 6.24. The molecule has 0 aliphatic heterocycles.